The normalized spacial score (nSPS) is 14.0. The van der Waals surface area contributed by atoms with Gasteiger partial charge in [0.15, 0.2) is 0 Å². The number of rotatable bonds is 1. The van der Waals surface area contributed by atoms with Crippen LogP contribution in [0.15, 0.2) is 235 Å². The number of fused-ring (bicyclic) bond motifs is 18. The summed E-state index contributed by atoms with van der Waals surface area (Å²) in [6, 6.07) is 84.6. The van der Waals surface area contributed by atoms with E-state index in [1.807, 2.05) is 0 Å². The van der Waals surface area contributed by atoms with E-state index in [1.54, 1.807) is 0 Å². The highest BCUT2D eigenvalue weighted by atomic mass is 79.9. The number of halogens is 1. The molecular formula is C74H53BrN2. The van der Waals surface area contributed by atoms with Crippen LogP contribution in [0.3, 0.4) is 0 Å². The molecule has 77 heavy (non-hydrogen) atoms. The van der Waals surface area contributed by atoms with Gasteiger partial charge in [-0.1, -0.05) is 226 Å². The van der Waals surface area contributed by atoms with E-state index in [9.17, 15) is 0 Å². The molecule has 0 unspecified atom stereocenters. The number of para-hydroxylation sites is 2. The molecule has 0 spiro atoms. The molecular weight excluding hydrogens is 997 g/mol. The quantitative estimate of drug-likeness (QED) is 0.169. The minimum atomic E-state index is -0.0366. The molecule has 0 bridgehead atoms. The first-order valence-electron chi connectivity index (χ1n) is 26.9. The zero-order valence-corrected chi connectivity index (χ0v) is 44.9. The SMILES string of the molecule is Brc1ccc2c3c(cccc13)-c1ccccc1-2.CC1(C)c2ccccc2-c2cc3c(cc21)[nH]c1ccccc13.CC1(C)c2ccccc2-c2cc3c4ccccc4n(-c4ccc5c6c(cccc46)-c4ccccc4-5)c3cc21.[2HH]. The first-order chi connectivity index (χ1) is 37.6. The van der Waals surface area contributed by atoms with Crippen LogP contribution in [-0.4, -0.2) is 9.55 Å². The topological polar surface area (TPSA) is 20.7 Å². The molecule has 0 amide bonds. The van der Waals surface area contributed by atoms with Gasteiger partial charge >= 0.3 is 0 Å². The highest BCUT2D eigenvalue weighted by Gasteiger charge is 2.37. The van der Waals surface area contributed by atoms with Crippen LogP contribution in [0.25, 0.3) is 138 Å². The first-order valence-corrected chi connectivity index (χ1v) is 27.7. The largest absolute Gasteiger partial charge is 0.355 e. The van der Waals surface area contributed by atoms with Crippen molar-refractivity contribution >= 4 is 81.1 Å². The fraction of sp³-hybridized carbons (Fsp3) is 0.0811. The van der Waals surface area contributed by atoms with Crippen molar-refractivity contribution in [1.82, 2.24) is 9.55 Å². The van der Waals surface area contributed by atoms with E-state index in [0.717, 1.165) is 0 Å². The van der Waals surface area contributed by atoms with Crippen LogP contribution < -0.4 is 0 Å². The number of aromatic amines is 1. The summed E-state index contributed by atoms with van der Waals surface area (Å²) in [6.45, 7) is 9.39. The number of nitrogens with one attached hydrogen (secondary N) is 1. The Morgan fingerprint density at radius 1 is 0.312 bits per heavy atom. The molecule has 12 aromatic carbocycles. The number of benzene rings is 12. The second kappa shape index (κ2) is 16.1. The van der Waals surface area contributed by atoms with E-state index in [1.165, 1.54) is 164 Å². The van der Waals surface area contributed by atoms with Gasteiger partial charge in [-0.15, -0.1) is 0 Å². The van der Waals surface area contributed by atoms with Crippen molar-refractivity contribution in [3.63, 3.8) is 0 Å². The van der Waals surface area contributed by atoms with Crippen LogP contribution in [0.4, 0.5) is 0 Å². The van der Waals surface area contributed by atoms with Gasteiger partial charge in [0.1, 0.15) is 0 Å². The second-order valence-corrected chi connectivity index (χ2v) is 23.4. The molecule has 1 N–H and O–H groups in total. The highest BCUT2D eigenvalue weighted by Crippen LogP contribution is 2.54. The maximum atomic E-state index is 3.64. The standard InChI is InChI=1S/C37H25N.C21H17N.C16H9Br.H2/c1-37(2)31-16-7-5-12-24(31)29-20-30-25-13-6-8-17-33(25)38(35(30)21-32(29)37)34-19-18-27-23-11-4-3-10-22(23)26-14-9-15-28(34)36(26)27;1-21(2)17-9-5-3-7-13(17)15-11-16-14-8-4-6-10-19(14)22-20(16)12-18(15)21;17-15-9-8-13-11-5-2-1-4-10(11)12-6-3-7-14(15)16(12)13;/h3-21H,1-2H3;3-12,22H,1-2H3;1-9H;1H/i;;;1+1. The van der Waals surface area contributed by atoms with E-state index >= 15 is 0 Å². The third kappa shape index (κ3) is 6.18. The second-order valence-electron chi connectivity index (χ2n) is 22.5. The van der Waals surface area contributed by atoms with Crippen LogP contribution in [0.5, 0.6) is 0 Å². The number of aromatic nitrogens is 2. The zero-order chi connectivity index (χ0) is 51.5. The molecule has 4 aliphatic carbocycles. The lowest BCUT2D eigenvalue weighted by Crippen LogP contribution is -2.15. The molecule has 2 aromatic heterocycles. The van der Waals surface area contributed by atoms with Crippen molar-refractivity contribution in [2.45, 2.75) is 38.5 Å². The molecule has 18 rings (SSSR count). The molecule has 0 saturated carbocycles. The fourth-order valence-electron chi connectivity index (χ4n) is 14.2. The summed E-state index contributed by atoms with van der Waals surface area (Å²) in [7, 11) is 0. The van der Waals surface area contributed by atoms with Crippen molar-refractivity contribution in [2.75, 3.05) is 0 Å². The highest BCUT2D eigenvalue weighted by molar-refractivity contribution is 9.10. The van der Waals surface area contributed by atoms with E-state index in [0.29, 0.717) is 0 Å². The van der Waals surface area contributed by atoms with Gasteiger partial charge in [0.2, 0.25) is 0 Å². The van der Waals surface area contributed by atoms with Crippen LogP contribution in [0, 0.1) is 0 Å². The van der Waals surface area contributed by atoms with Crippen molar-refractivity contribution in [3.8, 4) is 72.4 Å². The Balaban J connectivity index is 0.000000112. The molecule has 2 heterocycles. The van der Waals surface area contributed by atoms with Gasteiger partial charge < -0.3 is 9.55 Å². The Bertz CT molecular complexity index is 4830. The van der Waals surface area contributed by atoms with Gasteiger partial charge in [0, 0.05) is 54.7 Å². The lowest BCUT2D eigenvalue weighted by Gasteiger charge is -2.22. The van der Waals surface area contributed by atoms with E-state index in [-0.39, 0.29) is 12.3 Å². The summed E-state index contributed by atoms with van der Waals surface area (Å²) in [4.78, 5) is 3.57. The molecule has 3 heteroatoms. The molecule has 366 valence electrons. The van der Waals surface area contributed by atoms with Crippen LogP contribution in [0.2, 0.25) is 0 Å². The van der Waals surface area contributed by atoms with Crippen molar-refractivity contribution in [1.29, 1.82) is 0 Å². The minimum absolute atomic E-state index is 0. The Morgan fingerprint density at radius 2 is 0.766 bits per heavy atom. The lowest BCUT2D eigenvalue weighted by atomic mass is 9.82. The van der Waals surface area contributed by atoms with Gasteiger partial charge in [-0.05, 0) is 154 Å². The number of hydrogen-bond acceptors (Lipinski definition) is 0. The summed E-state index contributed by atoms with van der Waals surface area (Å²) < 4.78 is 3.68. The van der Waals surface area contributed by atoms with Crippen molar-refractivity contribution in [2.24, 2.45) is 0 Å². The third-order valence-electron chi connectivity index (χ3n) is 17.8. The molecule has 0 saturated heterocycles. The average Bonchev–Trinajstić information content (AvgIpc) is 4.47. The van der Waals surface area contributed by atoms with Crippen LogP contribution in [0.1, 0.15) is 51.4 Å². The average molecular weight is 1050 g/mol. The summed E-state index contributed by atoms with van der Waals surface area (Å²) in [5.41, 5.74) is 28.2. The lowest BCUT2D eigenvalue weighted by molar-refractivity contribution is 0.661. The minimum Gasteiger partial charge on any atom is -0.355 e. The van der Waals surface area contributed by atoms with Gasteiger partial charge in [0.25, 0.3) is 0 Å². The first kappa shape index (κ1) is 44.5. The molecule has 2 nitrogen and oxygen atoms in total. The van der Waals surface area contributed by atoms with E-state index in [2.05, 4.69) is 284 Å². The predicted octanol–water partition coefficient (Wildman–Crippen LogP) is 21.0. The number of hydrogen-bond donors (Lipinski definition) is 1. The Morgan fingerprint density at radius 3 is 1.40 bits per heavy atom. The van der Waals surface area contributed by atoms with E-state index in [4.69, 9.17) is 0 Å². The zero-order valence-electron chi connectivity index (χ0n) is 43.3. The molecule has 0 radical (unpaired) electrons. The Kier molecular flexibility index (Phi) is 9.33. The molecule has 0 aliphatic heterocycles. The fourth-order valence-corrected chi connectivity index (χ4v) is 14.7. The van der Waals surface area contributed by atoms with Crippen LogP contribution >= 0.6 is 15.9 Å². The van der Waals surface area contributed by atoms with Gasteiger partial charge in [-0.25, -0.2) is 0 Å². The summed E-state index contributed by atoms with van der Waals surface area (Å²) in [5.74, 6) is 0. The summed E-state index contributed by atoms with van der Waals surface area (Å²) in [6.07, 6.45) is 0. The summed E-state index contributed by atoms with van der Waals surface area (Å²) in [5, 5.41) is 10.6. The molecule has 0 atom stereocenters. The number of nitrogens with zero attached hydrogens (tertiary/aromatic N) is 1. The Labute approximate surface area is 457 Å². The smallest absolute Gasteiger partial charge is 0.0544 e. The monoisotopic (exact) mass is 1050 g/mol. The molecule has 14 aromatic rings. The van der Waals surface area contributed by atoms with Gasteiger partial charge in [0.05, 0.1) is 16.7 Å². The van der Waals surface area contributed by atoms with Gasteiger partial charge in [-0.2, -0.15) is 0 Å². The summed E-state index contributed by atoms with van der Waals surface area (Å²) >= 11 is 3.64. The third-order valence-corrected chi connectivity index (χ3v) is 18.5. The van der Waals surface area contributed by atoms with Crippen molar-refractivity contribution < 1.29 is 1.43 Å². The molecule has 0 fully saturated rings. The maximum absolute atomic E-state index is 3.64. The van der Waals surface area contributed by atoms with Gasteiger partial charge in [-0.3, -0.25) is 0 Å². The van der Waals surface area contributed by atoms with Crippen molar-refractivity contribution in [3.05, 3.63) is 257 Å². The predicted molar refractivity (Wildman–Crippen MR) is 332 cm³/mol. The maximum Gasteiger partial charge on any atom is 0.0544 e. The molecule has 4 aliphatic rings. The van der Waals surface area contributed by atoms with E-state index < -0.39 is 0 Å². The van der Waals surface area contributed by atoms with Crippen LogP contribution in [-0.2, 0) is 10.8 Å². The Hall–Kier alpha value is -8.76. The number of H-pyrrole nitrogens is 1.